The summed E-state index contributed by atoms with van der Waals surface area (Å²) in [7, 11) is 0. The molecule has 0 fully saturated rings. The second kappa shape index (κ2) is 6.04. The number of furan rings is 1. The lowest BCUT2D eigenvalue weighted by atomic mass is 10.4. The fraction of sp³-hybridized carbons (Fsp3) is 0.231. The summed E-state index contributed by atoms with van der Waals surface area (Å²) in [6, 6.07) is 5.73. The molecule has 0 unspecified atom stereocenters. The third-order valence-corrected chi connectivity index (χ3v) is 2.59. The predicted octanol–water partition coefficient (Wildman–Crippen LogP) is 1.66. The van der Waals surface area contributed by atoms with E-state index < -0.39 is 0 Å². The Kier molecular flexibility index (Phi) is 3.77. The quantitative estimate of drug-likeness (QED) is 0.736. The molecule has 108 valence electrons. The van der Waals surface area contributed by atoms with Crippen LogP contribution in [0.2, 0.25) is 0 Å². The first-order valence-electron chi connectivity index (χ1n) is 6.50. The standard InChI is InChI=1S/C13H14N6O2/c1-2-20-13-17-11(14-9-10-5-3-8-21-10)16-12(18-13)19-7-4-6-15-19/h3-8H,2,9H2,1H3,(H,14,16,17,18). The Bertz CT molecular complexity index is 681. The summed E-state index contributed by atoms with van der Waals surface area (Å²) in [4.78, 5) is 12.7. The molecule has 0 bridgehead atoms. The number of nitrogens with one attached hydrogen (secondary N) is 1. The van der Waals surface area contributed by atoms with Gasteiger partial charge in [-0.2, -0.15) is 20.1 Å². The van der Waals surface area contributed by atoms with Gasteiger partial charge in [-0.3, -0.25) is 0 Å². The lowest BCUT2D eigenvalue weighted by Gasteiger charge is -2.08. The summed E-state index contributed by atoms with van der Waals surface area (Å²) >= 11 is 0. The molecule has 0 spiro atoms. The highest BCUT2D eigenvalue weighted by atomic mass is 16.5. The van der Waals surface area contributed by atoms with E-state index in [-0.39, 0.29) is 6.01 Å². The zero-order valence-corrected chi connectivity index (χ0v) is 11.4. The Hall–Kier alpha value is -2.90. The molecular formula is C13H14N6O2. The van der Waals surface area contributed by atoms with Crippen molar-refractivity contribution in [2.45, 2.75) is 13.5 Å². The topological polar surface area (TPSA) is 90.9 Å². The van der Waals surface area contributed by atoms with Crippen LogP contribution in [0.5, 0.6) is 6.01 Å². The molecule has 8 heteroatoms. The van der Waals surface area contributed by atoms with Gasteiger partial charge in [0.2, 0.25) is 5.95 Å². The predicted molar refractivity (Wildman–Crippen MR) is 74.2 cm³/mol. The molecule has 21 heavy (non-hydrogen) atoms. The monoisotopic (exact) mass is 286 g/mol. The highest BCUT2D eigenvalue weighted by molar-refractivity contribution is 5.30. The second-order valence-corrected chi connectivity index (χ2v) is 4.06. The number of aromatic nitrogens is 5. The van der Waals surface area contributed by atoms with E-state index in [9.17, 15) is 0 Å². The zero-order valence-electron chi connectivity index (χ0n) is 11.4. The van der Waals surface area contributed by atoms with E-state index >= 15 is 0 Å². The Morgan fingerprint density at radius 2 is 2.24 bits per heavy atom. The molecule has 1 N–H and O–H groups in total. The van der Waals surface area contributed by atoms with Crippen molar-refractivity contribution in [3.63, 3.8) is 0 Å². The summed E-state index contributed by atoms with van der Waals surface area (Å²) in [5.74, 6) is 1.57. The van der Waals surface area contributed by atoms with Crippen molar-refractivity contribution in [2.75, 3.05) is 11.9 Å². The van der Waals surface area contributed by atoms with E-state index in [4.69, 9.17) is 9.15 Å². The summed E-state index contributed by atoms with van der Waals surface area (Å²) in [5, 5.41) is 7.17. The Balaban J connectivity index is 1.84. The largest absolute Gasteiger partial charge is 0.467 e. The van der Waals surface area contributed by atoms with Crippen LogP contribution in [-0.4, -0.2) is 31.3 Å². The first kappa shape index (κ1) is 13.1. The van der Waals surface area contributed by atoms with Crippen LogP contribution < -0.4 is 10.1 Å². The molecule has 3 aromatic rings. The van der Waals surface area contributed by atoms with Crippen molar-refractivity contribution in [3.8, 4) is 12.0 Å². The van der Waals surface area contributed by atoms with Gasteiger partial charge in [0.1, 0.15) is 5.76 Å². The normalized spacial score (nSPS) is 10.5. The molecule has 0 amide bonds. The van der Waals surface area contributed by atoms with Crippen LogP contribution in [0.4, 0.5) is 5.95 Å². The van der Waals surface area contributed by atoms with E-state index in [0.29, 0.717) is 25.0 Å². The molecule has 0 radical (unpaired) electrons. The Morgan fingerprint density at radius 3 is 2.95 bits per heavy atom. The van der Waals surface area contributed by atoms with E-state index in [2.05, 4.69) is 25.4 Å². The summed E-state index contributed by atoms with van der Waals surface area (Å²) < 4.78 is 12.2. The van der Waals surface area contributed by atoms with Gasteiger partial charge in [-0.25, -0.2) is 4.68 Å². The molecule has 0 aromatic carbocycles. The second-order valence-electron chi connectivity index (χ2n) is 4.06. The molecule has 3 heterocycles. The summed E-state index contributed by atoms with van der Waals surface area (Å²) in [5.41, 5.74) is 0. The summed E-state index contributed by atoms with van der Waals surface area (Å²) in [6.07, 6.45) is 5.02. The van der Waals surface area contributed by atoms with Gasteiger partial charge in [0.15, 0.2) is 0 Å². The van der Waals surface area contributed by atoms with Gasteiger partial charge in [-0.05, 0) is 25.1 Å². The van der Waals surface area contributed by atoms with E-state index in [1.165, 1.54) is 0 Å². The molecule has 8 nitrogen and oxygen atoms in total. The number of nitrogens with zero attached hydrogens (tertiary/aromatic N) is 5. The summed E-state index contributed by atoms with van der Waals surface area (Å²) in [6.45, 7) is 2.81. The van der Waals surface area contributed by atoms with E-state index in [1.54, 1.807) is 29.4 Å². The van der Waals surface area contributed by atoms with Crippen LogP contribution in [0.1, 0.15) is 12.7 Å². The van der Waals surface area contributed by atoms with Gasteiger partial charge >= 0.3 is 6.01 Å². The van der Waals surface area contributed by atoms with Gasteiger partial charge in [0, 0.05) is 12.4 Å². The molecular weight excluding hydrogens is 272 g/mol. The third kappa shape index (κ3) is 3.16. The SMILES string of the molecule is CCOc1nc(NCc2ccco2)nc(-n2cccn2)n1. The fourth-order valence-electron chi connectivity index (χ4n) is 1.69. The molecule has 0 aliphatic carbocycles. The lowest BCUT2D eigenvalue weighted by molar-refractivity contribution is 0.311. The molecule has 0 aliphatic rings. The van der Waals surface area contributed by atoms with Crippen molar-refractivity contribution in [1.82, 2.24) is 24.7 Å². The minimum Gasteiger partial charge on any atom is -0.467 e. The van der Waals surface area contributed by atoms with Crippen molar-refractivity contribution >= 4 is 5.95 Å². The number of anilines is 1. The van der Waals surface area contributed by atoms with Crippen LogP contribution in [0, 0.1) is 0 Å². The molecule has 0 atom stereocenters. The van der Waals surface area contributed by atoms with Crippen LogP contribution in [0.25, 0.3) is 5.95 Å². The van der Waals surface area contributed by atoms with Gasteiger partial charge in [-0.15, -0.1) is 0 Å². The third-order valence-electron chi connectivity index (χ3n) is 2.59. The van der Waals surface area contributed by atoms with Gasteiger partial charge in [0.05, 0.1) is 19.4 Å². The first-order chi connectivity index (χ1) is 10.3. The lowest BCUT2D eigenvalue weighted by Crippen LogP contribution is -2.11. The molecule has 0 saturated carbocycles. The zero-order chi connectivity index (χ0) is 14.5. The van der Waals surface area contributed by atoms with Crippen molar-refractivity contribution < 1.29 is 9.15 Å². The number of rotatable bonds is 6. The number of ether oxygens (including phenoxy) is 1. The highest BCUT2D eigenvalue weighted by Gasteiger charge is 2.09. The maximum atomic E-state index is 5.36. The van der Waals surface area contributed by atoms with Crippen molar-refractivity contribution in [2.24, 2.45) is 0 Å². The maximum absolute atomic E-state index is 5.36. The fourth-order valence-corrected chi connectivity index (χ4v) is 1.69. The van der Waals surface area contributed by atoms with E-state index in [0.717, 1.165) is 5.76 Å². The van der Waals surface area contributed by atoms with Crippen molar-refractivity contribution in [1.29, 1.82) is 0 Å². The minimum absolute atomic E-state index is 0.250. The Labute approximate surface area is 120 Å². The smallest absolute Gasteiger partial charge is 0.323 e. The first-order valence-corrected chi connectivity index (χ1v) is 6.50. The molecule has 0 saturated heterocycles. The molecule has 0 aliphatic heterocycles. The number of hydrogen-bond acceptors (Lipinski definition) is 7. The Morgan fingerprint density at radius 1 is 1.29 bits per heavy atom. The van der Waals surface area contributed by atoms with Crippen LogP contribution in [-0.2, 0) is 6.54 Å². The van der Waals surface area contributed by atoms with Gasteiger partial charge in [-0.1, -0.05) is 0 Å². The van der Waals surface area contributed by atoms with E-state index in [1.807, 2.05) is 19.1 Å². The van der Waals surface area contributed by atoms with Crippen LogP contribution >= 0.6 is 0 Å². The number of hydrogen-bond donors (Lipinski definition) is 1. The van der Waals surface area contributed by atoms with Gasteiger partial charge < -0.3 is 14.5 Å². The van der Waals surface area contributed by atoms with Crippen molar-refractivity contribution in [3.05, 3.63) is 42.6 Å². The van der Waals surface area contributed by atoms with Crippen LogP contribution in [0.15, 0.2) is 41.3 Å². The molecule has 3 aromatic heterocycles. The highest BCUT2D eigenvalue weighted by Crippen LogP contribution is 2.12. The minimum atomic E-state index is 0.250. The van der Waals surface area contributed by atoms with Gasteiger partial charge in [0.25, 0.3) is 5.95 Å². The average Bonchev–Trinajstić information content (AvgIpc) is 3.19. The average molecular weight is 286 g/mol. The molecule has 3 rings (SSSR count). The maximum Gasteiger partial charge on any atom is 0.323 e. The van der Waals surface area contributed by atoms with Crippen LogP contribution in [0.3, 0.4) is 0 Å².